The molecule has 34 heavy (non-hydrogen) atoms. The van der Waals surface area contributed by atoms with Crippen LogP contribution in [0.2, 0.25) is 0 Å². The minimum absolute atomic E-state index is 0.0331. The molecule has 11 heteroatoms. The molecule has 0 aliphatic carbocycles. The molecule has 4 rings (SSSR count). The van der Waals surface area contributed by atoms with Crippen molar-refractivity contribution in [2.24, 2.45) is 7.05 Å². The van der Waals surface area contributed by atoms with Crippen LogP contribution in [0.1, 0.15) is 48.9 Å². The molecular formula is C23H25F3N4O3S. The first-order valence-electron chi connectivity index (χ1n) is 10.7. The van der Waals surface area contributed by atoms with Gasteiger partial charge in [-0.15, -0.1) is 0 Å². The molecule has 1 aromatic carbocycles. The number of aromatic nitrogens is 3. The minimum atomic E-state index is -2.95. The van der Waals surface area contributed by atoms with Crippen LogP contribution >= 0.6 is 0 Å². The maximum atomic E-state index is 14.7. The Morgan fingerprint density at radius 2 is 1.88 bits per heavy atom. The SMILES string of the molecule is C=S1(=O)CCC(O)(c2cc3c(N[C@H](C)c4cccc(C(F)F)c4F)ncnc3n(C)c2=O)CC1. The molecule has 182 valence electrons. The van der Waals surface area contributed by atoms with E-state index in [0.29, 0.717) is 5.39 Å². The van der Waals surface area contributed by atoms with Crippen LogP contribution in [0.4, 0.5) is 19.0 Å². The van der Waals surface area contributed by atoms with Gasteiger partial charge in [0, 0.05) is 29.7 Å². The molecule has 1 aliphatic rings. The average Bonchev–Trinajstić information content (AvgIpc) is 2.78. The van der Waals surface area contributed by atoms with E-state index in [9.17, 15) is 27.3 Å². The van der Waals surface area contributed by atoms with Crippen molar-refractivity contribution in [1.82, 2.24) is 14.5 Å². The van der Waals surface area contributed by atoms with E-state index in [2.05, 4.69) is 21.2 Å². The highest BCUT2D eigenvalue weighted by molar-refractivity contribution is 8.00. The second-order valence-corrected chi connectivity index (χ2v) is 11.5. The van der Waals surface area contributed by atoms with E-state index in [1.54, 1.807) is 6.92 Å². The number of hydrogen-bond donors (Lipinski definition) is 2. The zero-order valence-electron chi connectivity index (χ0n) is 18.7. The van der Waals surface area contributed by atoms with Crippen molar-refractivity contribution in [3.63, 3.8) is 0 Å². The number of aliphatic hydroxyl groups is 1. The molecule has 7 nitrogen and oxygen atoms in total. The van der Waals surface area contributed by atoms with Crippen LogP contribution in [0, 0.1) is 5.82 Å². The van der Waals surface area contributed by atoms with Crippen LogP contribution in [0.3, 0.4) is 0 Å². The van der Waals surface area contributed by atoms with Crippen LogP contribution in [-0.2, 0) is 22.2 Å². The molecule has 2 N–H and O–H groups in total. The second kappa shape index (κ2) is 8.70. The van der Waals surface area contributed by atoms with Gasteiger partial charge in [0.05, 0.1) is 22.6 Å². The van der Waals surface area contributed by atoms with Gasteiger partial charge in [0.1, 0.15) is 23.6 Å². The molecule has 0 bridgehead atoms. The molecule has 1 aliphatic heterocycles. The summed E-state index contributed by atoms with van der Waals surface area (Å²) in [5.41, 5.74) is -2.19. The molecular weight excluding hydrogens is 469 g/mol. The van der Waals surface area contributed by atoms with Gasteiger partial charge >= 0.3 is 0 Å². The summed E-state index contributed by atoms with van der Waals surface area (Å²) in [6, 6.07) is 4.55. The predicted octanol–water partition coefficient (Wildman–Crippen LogP) is 3.28. The number of hydrogen-bond acceptors (Lipinski definition) is 6. The van der Waals surface area contributed by atoms with E-state index in [1.807, 2.05) is 0 Å². The van der Waals surface area contributed by atoms with E-state index in [1.165, 1.54) is 36.1 Å². The summed E-state index contributed by atoms with van der Waals surface area (Å²) in [6.07, 6.45) is -1.48. The highest BCUT2D eigenvalue weighted by Crippen LogP contribution is 2.35. The molecule has 0 radical (unpaired) electrons. The second-order valence-electron chi connectivity index (χ2n) is 8.70. The fourth-order valence-electron chi connectivity index (χ4n) is 4.28. The first kappa shape index (κ1) is 24.2. The maximum absolute atomic E-state index is 14.7. The number of rotatable bonds is 5. The Hall–Kier alpha value is -2.92. The standard InChI is InChI=1S/C23H25F3N4O3S/c1-13(14-5-4-6-15(18(14)24)19(25)26)29-20-16-11-17(22(31)30(2)21(16)28-12-27-20)23(32)7-9-34(3,33)10-8-23/h4-6,11-13,19,32H,3,7-10H2,1-2H3,(H,27,28,29)/t13-,23?,34?/m1/s1. The number of nitrogens with one attached hydrogen (secondary N) is 1. The molecule has 1 fully saturated rings. The molecule has 0 spiro atoms. The molecule has 0 unspecified atom stereocenters. The normalized spacial score (nSPS) is 23.9. The predicted molar refractivity (Wildman–Crippen MR) is 126 cm³/mol. The fraction of sp³-hybridized carbons (Fsp3) is 0.391. The van der Waals surface area contributed by atoms with Gasteiger partial charge in [0.2, 0.25) is 0 Å². The van der Waals surface area contributed by atoms with Crippen LogP contribution in [-0.4, -0.2) is 41.2 Å². The van der Waals surface area contributed by atoms with Crippen LogP contribution < -0.4 is 10.9 Å². The van der Waals surface area contributed by atoms with Crippen molar-refractivity contribution in [1.29, 1.82) is 0 Å². The summed E-state index contributed by atoms with van der Waals surface area (Å²) in [6.45, 7) is 1.60. The summed E-state index contributed by atoms with van der Waals surface area (Å²) in [5.74, 6) is 3.33. The molecule has 0 amide bonds. The number of halogens is 3. The van der Waals surface area contributed by atoms with Crippen LogP contribution in [0.5, 0.6) is 0 Å². The lowest BCUT2D eigenvalue weighted by Gasteiger charge is -2.33. The van der Waals surface area contributed by atoms with Crippen LogP contribution in [0.15, 0.2) is 35.4 Å². The van der Waals surface area contributed by atoms with Crippen molar-refractivity contribution in [3.8, 4) is 0 Å². The molecule has 3 aromatic rings. The first-order valence-corrected chi connectivity index (χ1v) is 12.7. The summed E-state index contributed by atoms with van der Waals surface area (Å²) >= 11 is 0. The van der Waals surface area contributed by atoms with Gasteiger partial charge in [-0.2, -0.15) is 0 Å². The van der Waals surface area contributed by atoms with Crippen molar-refractivity contribution in [3.05, 3.63) is 63.5 Å². The maximum Gasteiger partial charge on any atom is 0.266 e. The Morgan fingerprint density at radius 1 is 1.24 bits per heavy atom. The van der Waals surface area contributed by atoms with E-state index in [0.717, 1.165) is 6.07 Å². The lowest BCUT2D eigenvalue weighted by molar-refractivity contribution is 0.0255. The van der Waals surface area contributed by atoms with Gasteiger partial charge in [0.15, 0.2) is 0 Å². The zero-order chi connectivity index (χ0) is 24.8. The average molecular weight is 495 g/mol. The monoisotopic (exact) mass is 494 g/mol. The Bertz CT molecular complexity index is 1410. The van der Waals surface area contributed by atoms with E-state index < -0.39 is 44.5 Å². The lowest BCUT2D eigenvalue weighted by atomic mass is 9.88. The topological polar surface area (TPSA) is 97.1 Å². The van der Waals surface area contributed by atoms with Gasteiger partial charge in [0.25, 0.3) is 12.0 Å². The van der Waals surface area contributed by atoms with Crippen molar-refractivity contribution in [2.75, 3.05) is 16.8 Å². The van der Waals surface area contributed by atoms with Gasteiger partial charge in [-0.25, -0.2) is 23.1 Å². The Balaban J connectivity index is 1.78. The Labute approximate surface area is 194 Å². The molecule has 1 saturated heterocycles. The summed E-state index contributed by atoms with van der Waals surface area (Å²) < 4.78 is 54.5. The Kier molecular flexibility index (Phi) is 6.19. The number of nitrogens with zero attached hydrogens (tertiary/aromatic N) is 3. The smallest absolute Gasteiger partial charge is 0.266 e. The molecule has 1 atom stereocenters. The van der Waals surface area contributed by atoms with Gasteiger partial charge in [-0.3, -0.25) is 13.6 Å². The van der Waals surface area contributed by atoms with Gasteiger partial charge in [-0.1, -0.05) is 18.2 Å². The first-order chi connectivity index (χ1) is 15.9. The number of aryl methyl sites for hydroxylation is 1. The van der Waals surface area contributed by atoms with E-state index in [4.69, 9.17) is 0 Å². The highest BCUT2D eigenvalue weighted by atomic mass is 32.2. The molecule has 3 heterocycles. The number of alkyl halides is 2. The number of pyridine rings is 1. The fourth-order valence-corrected chi connectivity index (χ4v) is 5.90. The Morgan fingerprint density at radius 3 is 2.53 bits per heavy atom. The molecule has 0 saturated carbocycles. The summed E-state index contributed by atoms with van der Waals surface area (Å²) in [5, 5.41) is 14.7. The number of anilines is 1. The quantitative estimate of drug-likeness (QED) is 0.529. The van der Waals surface area contributed by atoms with Crippen molar-refractivity contribution < 1.29 is 22.5 Å². The molecule has 2 aromatic heterocycles. The van der Waals surface area contributed by atoms with Crippen molar-refractivity contribution in [2.45, 2.75) is 37.8 Å². The van der Waals surface area contributed by atoms with E-state index in [-0.39, 0.29) is 46.9 Å². The summed E-state index contributed by atoms with van der Waals surface area (Å²) in [7, 11) is -0.780. The number of fused-ring (bicyclic) bond motifs is 1. The van der Waals surface area contributed by atoms with E-state index >= 15 is 0 Å². The third kappa shape index (κ3) is 4.29. The number of benzene rings is 1. The highest BCUT2D eigenvalue weighted by Gasteiger charge is 2.37. The van der Waals surface area contributed by atoms with Gasteiger partial charge < -0.3 is 10.4 Å². The lowest BCUT2D eigenvalue weighted by Crippen LogP contribution is -2.42. The third-order valence-electron chi connectivity index (χ3n) is 6.39. The summed E-state index contributed by atoms with van der Waals surface area (Å²) in [4.78, 5) is 21.5. The van der Waals surface area contributed by atoms with Crippen molar-refractivity contribution >= 4 is 32.2 Å². The third-order valence-corrected chi connectivity index (χ3v) is 8.29. The minimum Gasteiger partial charge on any atom is -0.385 e. The van der Waals surface area contributed by atoms with Gasteiger partial charge in [-0.05, 0) is 41.2 Å². The van der Waals surface area contributed by atoms with Crippen LogP contribution in [0.25, 0.3) is 11.0 Å². The largest absolute Gasteiger partial charge is 0.385 e. The zero-order valence-corrected chi connectivity index (χ0v) is 19.5.